The van der Waals surface area contributed by atoms with E-state index in [0.717, 1.165) is 6.54 Å². The van der Waals surface area contributed by atoms with Gasteiger partial charge in [0.15, 0.2) is 0 Å². The Bertz CT molecular complexity index is 147. The van der Waals surface area contributed by atoms with Gasteiger partial charge in [-0.05, 0) is 36.2 Å². The molecule has 1 nitrogen and oxygen atoms in total. The fourth-order valence-electron chi connectivity index (χ4n) is 1.59. The normalized spacial score (nSPS) is 15.6. The van der Waals surface area contributed by atoms with Gasteiger partial charge in [-0.1, -0.05) is 34.6 Å². The summed E-state index contributed by atoms with van der Waals surface area (Å²) in [6.07, 6.45) is 4.00. The molecule has 0 rings (SSSR count). The van der Waals surface area contributed by atoms with E-state index in [-0.39, 0.29) is 0 Å². The van der Waals surface area contributed by atoms with E-state index in [1.165, 1.54) is 30.8 Å². The maximum absolute atomic E-state index is 3.57. The highest BCUT2D eigenvalue weighted by molar-refractivity contribution is 7.99. The molecule has 0 amide bonds. The largest absolute Gasteiger partial charge is 0.314 e. The third-order valence-corrected chi connectivity index (χ3v) is 4.05. The summed E-state index contributed by atoms with van der Waals surface area (Å²) in [7, 11) is 0. The van der Waals surface area contributed by atoms with Gasteiger partial charge in [0.05, 0.1) is 0 Å². The van der Waals surface area contributed by atoms with Crippen molar-refractivity contribution >= 4 is 11.8 Å². The van der Waals surface area contributed by atoms with E-state index in [0.29, 0.717) is 11.5 Å². The number of thioether (sulfide) groups is 1. The average molecular weight is 231 g/mol. The van der Waals surface area contributed by atoms with Crippen molar-refractivity contribution < 1.29 is 0 Å². The van der Waals surface area contributed by atoms with Crippen LogP contribution in [-0.2, 0) is 0 Å². The van der Waals surface area contributed by atoms with Gasteiger partial charge in [0, 0.05) is 12.6 Å². The standard InChI is InChI=1S/C13H29NS/c1-6-13(5,11-14-12(3)4)9-8-10-15-7-2/h12,14H,6-11H2,1-5H3. The van der Waals surface area contributed by atoms with Crippen molar-refractivity contribution in [3.8, 4) is 0 Å². The molecule has 0 spiro atoms. The first-order valence-corrected chi connectivity index (χ1v) is 7.50. The fraction of sp³-hybridized carbons (Fsp3) is 1.00. The molecule has 92 valence electrons. The molecule has 0 heterocycles. The van der Waals surface area contributed by atoms with Crippen LogP contribution in [-0.4, -0.2) is 24.1 Å². The van der Waals surface area contributed by atoms with Crippen molar-refractivity contribution in [3.63, 3.8) is 0 Å². The minimum atomic E-state index is 0.499. The van der Waals surface area contributed by atoms with Crippen LogP contribution >= 0.6 is 11.8 Å². The molecule has 1 unspecified atom stereocenters. The fourth-order valence-corrected chi connectivity index (χ4v) is 2.22. The Morgan fingerprint density at radius 3 is 2.40 bits per heavy atom. The predicted molar refractivity (Wildman–Crippen MR) is 73.8 cm³/mol. The number of rotatable bonds is 9. The Hall–Kier alpha value is 0.310. The highest BCUT2D eigenvalue weighted by Gasteiger charge is 2.21. The van der Waals surface area contributed by atoms with Gasteiger partial charge in [-0.3, -0.25) is 0 Å². The van der Waals surface area contributed by atoms with Crippen LogP contribution in [0.25, 0.3) is 0 Å². The highest BCUT2D eigenvalue weighted by atomic mass is 32.2. The molecule has 0 fully saturated rings. The molecule has 0 radical (unpaired) electrons. The lowest BCUT2D eigenvalue weighted by molar-refractivity contribution is 0.260. The van der Waals surface area contributed by atoms with E-state index < -0.39 is 0 Å². The van der Waals surface area contributed by atoms with Crippen molar-refractivity contribution in [2.45, 2.75) is 59.9 Å². The van der Waals surface area contributed by atoms with Crippen LogP contribution in [0.5, 0.6) is 0 Å². The van der Waals surface area contributed by atoms with Crippen molar-refractivity contribution in [2.75, 3.05) is 18.1 Å². The molecule has 0 bridgehead atoms. The van der Waals surface area contributed by atoms with Crippen LogP contribution in [0.15, 0.2) is 0 Å². The first-order valence-electron chi connectivity index (χ1n) is 6.35. The Balaban J connectivity index is 3.75. The first-order chi connectivity index (χ1) is 7.04. The first kappa shape index (κ1) is 15.3. The number of hydrogen-bond donors (Lipinski definition) is 1. The second kappa shape index (κ2) is 8.46. The molecule has 1 N–H and O–H groups in total. The molecule has 0 aliphatic rings. The van der Waals surface area contributed by atoms with Crippen LogP contribution < -0.4 is 5.32 Å². The molecule has 1 atom stereocenters. The highest BCUT2D eigenvalue weighted by Crippen LogP contribution is 2.27. The van der Waals surface area contributed by atoms with Crippen molar-refractivity contribution in [1.29, 1.82) is 0 Å². The summed E-state index contributed by atoms with van der Waals surface area (Å²) < 4.78 is 0. The van der Waals surface area contributed by atoms with Crippen LogP contribution in [0.1, 0.15) is 53.9 Å². The quantitative estimate of drug-likeness (QED) is 0.603. The molecule has 0 saturated carbocycles. The maximum Gasteiger partial charge on any atom is 0.00106 e. The summed E-state index contributed by atoms with van der Waals surface area (Å²) in [5, 5.41) is 3.57. The Labute approximate surface area is 101 Å². The summed E-state index contributed by atoms with van der Waals surface area (Å²) in [6.45, 7) is 12.6. The van der Waals surface area contributed by atoms with Crippen LogP contribution in [0, 0.1) is 5.41 Å². The molecule has 0 aromatic rings. The molecular weight excluding hydrogens is 202 g/mol. The van der Waals surface area contributed by atoms with Gasteiger partial charge < -0.3 is 5.32 Å². The number of nitrogens with one attached hydrogen (secondary N) is 1. The van der Waals surface area contributed by atoms with Crippen LogP contribution in [0.3, 0.4) is 0 Å². The molecule has 0 aliphatic heterocycles. The lowest BCUT2D eigenvalue weighted by Gasteiger charge is -2.29. The summed E-state index contributed by atoms with van der Waals surface area (Å²) in [4.78, 5) is 0. The molecule has 15 heavy (non-hydrogen) atoms. The minimum absolute atomic E-state index is 0.499. The lowest BCUT2D eigenvalue weighted by Crippen LogP contribution is -2.35. The molecular formula is C13H29NS. The Kier molecular flexibility index (Phi) is 8.64. The predicted octanol–water partition coefficient (Wildman–Crippen LogP) is 3.93. The monoisotopic (exact) mass is 231 g/mol. The van der Waals surface area contributed by atoms with Gasteiger partial charge in [-0.2, -0.15) is 11.8 Å². The van der Waals surface area contributed by atoms with Crippen LogP contribution in [0.4, 0.5) is 0 Å². The molecule has 0 saturated heterocycles. The second-order valence-electron chi connectivity index (χ2n) is 5.00. The van der Waals surface area contributed by atoms with Gasteiger partial charge in [-0.25, -0.2) is 0 Å². The third-order valence-electron chi connectivity index (χ3n) is 3.06. The van der Waals surface area contributed by atoms with E-state index in [9.17, 15) is 0 Å². The summed E-state index contributed by atoms with van der Waals surface area (Å²) in [6, 6.07) is 0.612. The van der Waals surface area contributed by atoms with Gasteiger partial charge in [0.2, 0.25) is 0 Å². The Morgan fingerprint density at radius 2 is 1.93 bits per heavy atom. The third kappa shape index (κ3) is 8.15. The molecule has 2 heteroatoms. The van der Waals surface area contributed by atoms with Crippen molar-refractivity contribution in [1.82, 2.24) is 5.32 Å². The smallest absolute Gasteiger partial charge is 0.00106 e. The van der Waals surface area contributed by atoms with E-state index in [1.807, 2.05) is 0 Å². The van der Waals surface area contributed by atoms with Crippen LogP contribution in [0.2, 0.25) is 0 Å². The van der Waals surface area contributed by atoms with Gasteiger partial charge in [0.25, 0.3) is 0 Å². The molecule has 0 aromatic heterocycles. The number of hydrogen-bond acceptors (Lipinski definition) is 2. The lowest BCUT2D eigenvalue weighted by atomic mass is 9.83. The van der Waals surface area contributed by atoms with E-state index in [2.05, 4.69) is 51.7 Å². The molecule has 0 aromatic carbocycles. The topological polar surface area (TPSA) is 12.0 Å². The summed E-state index contributed by atoms with van der Waals surface area (Å²) in [5.74, 6) is 2.58. The zero-order chi connectivity index (χ0) is 11.7. The average Bonchev–Trinajstić information content (AvgIpc) is 2.22. The SMILES string of the molecule is CCSCCCC(C)(CC)CNC(C)C. The molecule has 0 aliphatic carbocycles. The van der Waals surface area contributed by atoms with Crippen molar-refractivity contribution in [2.24, 2.45) is 5.41 Å². The zero-order valence-electron chi connectivity index (χ0n) is 11.2. The zero-order valence-corrected chi connectivity index (χ0v) is 12.0. The maximum atomic E-state index is 3.57. The van der Waals surface area contributed by atoms with Gasteiger partial charge in [0.1, 0.15) is 0 Å². The summed E-state index contributed by atoms with van der Waals surface area (Å²) in [5.41, 5.74) is 0.499. The van der Waals surface area contributed by atoms with Gasteiger partial charge in [-0.15, -0.1) is 0 Å². The minimum Gasteiger partial charge on any atom is -0.314 e. The van der Waals surface area contributed by atoms with E-state index in [1.54, 1.807) is 0 Å². The van der Waals surface area contributed by atoms with Gasteiger partial charge >= 0.3 is 0 Å². The second-order valence-corrected chi connectivity index (χ2v) is 6.39. The van der Waals surface area contributed by atoms with Crippen molar-refractivity contribution in [3.05, 3.63) is 0 Å². The Morgan fingerprint density at radius 1 is 1.27 bits per heavy atom. The summed E-state index contributed by atoms with van der Waals surface area (Å²) >= 11 is 2.06. The van der Waals surface area contributed by atoms with E-state index in [4.69, 9.17) is 0 Å². The van der Waals surface area contributed by atoms with E-state index >= 15 is 0 Å².